The molecule has 0 radical (unpaired) electrons. The minimum atomic E-state index is -0.424. The average molecular weight is 489 g/mol. The Labute approximate surface area is 187 Å². The van der Waals surface area contributed by atoms with Crippen molar-refractivity contribution in [2.45, 2.75) is 12.6 Å². The largest absolute Gasteiger partial charge is 0.503 e. The van der Waals surface area contributed by atoms with Crippen molar-refractivity contribution >= 4 is 50.6 Å². The van der Waals surface area contributed by atoms with Crippen LogP contribution >= 0.6 is 39.1 Å². The van der Waals surface area contributed by atoms with E-state index >= 15 is 0 Å². The van der Waals surface area contributed by atoms with Crippen molar-refractivity contribution in [1.82, 2.24) is 4.90 Å². The molecule has 1 aliphatic heterocycles. The fourth-order valence-electron chi connectivity index (χ4n) is 3.52. The van der Waals surface area contributed by atoms with Gasteiger partial charge < -0.3 is 10.0 Å². The van der Waals surface area contributed by atoms with Gasteiger partial charge in [0.25, 0.3) is 5.91 Å². The third-order valence-electron chi connectivity index (χ3n) is 4.91. The molecule has 1 amide bonds. The van der Waals surface area contributed by atoms with Gasteiger partial charge in [0.2, 0.25) is 0 Å². The molecule has 146 valence electrons. The third kappa shape index (κ3) is 4.06. The van der Waals surface area contributed by atoms with Crippen LogP contribution in [0.15, 0.2) is 83.0 Å². The molecule has 0 fully saturated rings. The predicted molar refractivity (Wildman–Crippen MR) is 120 cm³/mol. The smallest absolute Gasteiger partial charge is 0.290 e. The summed E-state index contributed by atoms with van der Waals surface area (Å²) in [6.45, 7) is 0.345. The number of hydrogen-bond donors (Lipinski definition) is 1. The second-order valence-corrected chi connectivity index (χ2v) is 8.57. The molecule has 0 unspecified atom stereocenters. The topological polar surface area (TPSA) is 40.5 Å². The number of carbonyl (C=O) groups is 1. The lowest BCUT2D eigenvalue weighted by Crippen LogP contribution is -2.29. The Bertz CT molecular complexity index is 1080. The molecule has 0 aromatic heterocycles. The lowest BCUT2D eigenvalue weighted by atomic mass is 9.93. The van der Waals surface area contributed by atoms with E-state index in [1.807, 2.05) is 48.5 Å². The van der Waals surface area contributed by atoms with E-state index in [9.17, 15) is 9.90 Å². The van der Waals surface area contributed by atoms with Crippen LogP contribution in [0.5, 0.6) is 0 Å². The van der Waals surface area contributed by atoms with E-state index in [1.54, 1.807) is 29.2 Å². The van der Waals surface area contributed by atoms with Gasteiger partial charge in [-0.25, -0.2) is 0 Å². The summed E-state index contributed by atoms with van der Waals surface area (Å²) in [4.78, 5) is 14.7. The van der Waals surface area contributed by atoms with Crippen LogP contribution in [0.1, 0.15) is 22.7 Å². The summed E-state index contributed by atoms with van der Waals surface area (Å²) in [7, 11) is 0. The number of amides is 1. The van der Waals surface area contributed by atoms with E-state index in [4.69, 9.17) is 23.2 Å². The lowest BCUT2D eigenvalue weighted by molar-refractivity contribution is -0.130. The third-order valence-corrected chi connectivity index (χ3v) is 5.94. The maximum absolute atomic E-state index is 13.0. The van der Waals surface area contributed by atoms with Gasteiger partial charge in [0, 0.05) is 26.6 Å². The normalized spacial score (nSPS) is 16.6. The molecule has 0 saturated heterocycles. The molecular weight excluding hydrogens is 473 g/mol. The highest BCUT2D eigenvalue weighted by Crippen LogP contribution is 2.44. The monoisotopic (exact) mass is 487 g/mol. The van der Waals surface area contributed by atoms with E-state index in [2.05, 4.69) is 15.9 Å². The van der Waals surface area contributed by atoms with Gasteiger partial charge in [-0.05, 0) is 53.1 Å². The first-order valence-corrected chi connectivity index (χ1v) is 10.5. The SMILES string of the molecule is O=C1C(O)=C(c2ccc(Cl)cc2)[C@H](c2ccc(Br)cc2)N1Cc1ccc(Cl)cc1. The molecule has 0 aliphatic carbocycles. The van der Waals surface area contributed by atoms with Gasteiger partial charge >= 0.3 is 0 Å². The van der Waals surface area contributed by atoms with Crippen LogP contribution in [-0.4, -0.2) is 15.9 Å². The number of carbonyl (C=O) groups excluding carboxylic acids is 1. The molecule has 0 spiro atoms. The maximum Gasteiger partial charge on any atom is 0.290 e. The van der Waals surface area contributed by atoms with E-state index in [1.165, 1.54) is 0 Å². The zero-order valence-corrected chi connectivity index (χ0v) is 18.2. The average Bonchev–Trinajstić information content (AvgIpc) is 2.96. The second kappa shape index (κ2) is 8.23. The van der Waals surface area contributed by atoms with Crippen LogP contribution in [0, 0.1) is 0 Å². The quantitative estimate of drug-likeness (QED) is 0.438. The van der Waals surface area contributed by atoms with Crippen LogP contribution in [0.25, 0.3) is 5.57 Å². The number of aliphatic hydroxyl groups excluding tert-OH is 1. The van der Waals surface area contributed by atoms with Gasteiger partial charge in [-0.15, -0.1) is 0 Å². The van der Waals surface area contributed by atoms with Crippen molar-refractivity contribution in [2.75, 3.05) is 0 Å². The van der Waals surface area contributed by atoms with Crippen LogP contribution in [0.3, 0.4) is 0 Å². The van der Waals surface area contributed by atoms with E-state index in [0.29, 0.717) is 22.2 Å². The first kappa shape index (κ1) is 20.0. The fourth-order valence-corrected chi connectivity index (χ4v) is 4.04. The number of nitrogens with zero attached hydrogens (tertiary/aromatic N) is 1. The number of hydrogen-bond acceptors (Lipinski definition) is 2. The van der Waals surface area contributed by atoms with E-state index < -0.39 is 11.9 Å². The van der Waals surface area contributed by atoms with Gasteiger partial charge in [0.1, 0.15) is 0 Å². The number of rotatable bonds is 4. The predicted octanol–water partition coefficient (Wildman–Crippen LogP) is 6.81. The molecular formula is C23H16BrCl2NO2. The highest BCUT2D eigenvalue weighted by atomic mass is 79.9. The summed E-state index contributed by atoms with van der Waals surface area (Å²) in [6, 6.07) is 21.8. The zero-order chi connectivity index (χ0) is 20.5. The van der Waals surface area contributed by atoms with Crippen molar-refractivity contribution in [3.63, 3.8) is 0 Å². The number of halogens is 3. The van der Waals surface area contributed by atoms with E-state index in [0.717, 1.165) is 21.2 Å². The highest BCUT2D eigenvalue weighted by Gasteiger charge is 2.40. The Balaban J connectivity index is 1.80. The summed E-state index contributed by atoms with van der Waals surface area (Å²) in [5.41, 5.74) is 3.16. The Morgan fingerprint density at radius 1 is 0.862 bits per heavy atom. The molecule has 0 saturated carbocycles. The Morgan fingerprint density at radius 2 is 1.41 bits per heavy atom. The molecule has 1 aliphatic rings. The van der Waals surface area contributed by atoms with Crippen LogP contribution < -0.4 is 0 Å². The molecule has 1 atom stereocenters. The van der Waals surface area contributed by atoms with Crippen LogP contribution in [0.2, 0.25) is 10.0 Å². The van der Waals surface area contributed by atoms with Gasteiger partial charge in [-0.3, -0.25) is 4.79 Å². The summed E-state index contributed by atoms with van der Waals surface area (Å²) in [5, 5.41) is 12.0. The highest BCUT2D eigenvalue weighted by molar-refractivity contribution is 9.10. The van der Waals surface area contributed by atoms with Gasteiger partial charge in [-0.1, -0.05) is 75.5 Å². The Morgan fingerprint density at radius 3 is 2.00 bits per heavy atom. The minimum absolute atomic E-state index is 0.241. The van der Waals surface area contributed by atoms with Crippen molar-refractivity contribution < 1.29 is 9.90 Å². The molecule has 1 N–H and O–H groups in total. The summed E-state index contributed by atoms with van der Waals surface area (Å²) < 4.78 is 0.941. The lowest BCUT2D eigenvalue weighted by Gasteiger charge is -2.27. The van der Waals surface area contributed by atoms with Crippen molar-refractivity contribution in [2.24, 2.45) is 0 Å². The second-order valence-electron chi connectivity index (χ2n) is 6.78. The summed E-state index contributed by atoms with van der Waals surface area (Å²) in [6.07, 6.45) is 0. The van der Waals surface area contributed by atoms with Gasteiger partial charge in [-0.2, -0.15) is 0 Å². The zero-order valence-electron chi connectivity index (χ0n) is 15.1. The maximum atomic E-state index is 13.0. The molecule has 4 rings (SSSR count). The molecule has 29 heavy (non-hydrogen) atoms. The Hall–Kier alpha value is -2.27. The first-order chi connectivity index (χ1) is 13.9. The van der Waals surface area contributed by atoms with Crippen molar-refractivity contribution in [3.8, 4) is 0 Å². The number of benzene rings is 3. The minimum Gasteiger partial charge on any atom is -0.503 e. The number of aliphatic hydroxyl groups is 1. The summed E-state index contributed by atoms with van der Waals surface area (Å²) in [5.74, 6) is -0.646. The summed E-state index contributed by atoms with van der Waals surface area (Å²) >= 11 is 15.5. The van der Waals surface area contributed by atoms with Gasteiger partial charge in [0.15, 0.2) is 5.76 Å². The van der Waals surface area contributed by atoms with E-state index in [-0.39, 0.29) is 5.76 Å². The Kier molecular flexibility index (Phi) is 5.68. The molecule has 1 heterocycles. The van der Waals surface area contributed by atoms with Gasteiger partial charge in [0.05, 0.1) is 6.04 Å². The molecule has 6 heteroatoms. The first-order valence-electron chi connectivity index (χ1n) is 8.94. The fraction of sp³-hybridized carbons (Fsp3) is 0.0870. The van der Waals surface area contributed by atoms with Crippen LogP contribution in [-0.2, 0) is 11.3 Å². The van der Waals surface area contributed by atoms with Crippen molar-refractivity contribution in [3.05, 3.63) is 110 Å². The molecule has 3 aromatic rings. The van der Waals surface area contributed by atoms with Crippen molar-refractivity contribution in [1.29, 1.82) is 0 Å². The molecule has 0 bridgehead atoms. The molecule has 3 nitrogen and oxygen atoms in total. The molecule has 3 aromatic carbocycles. The van der Waals surface area contributed by atoms with Crippen LogP contribution in [0.4, 0.5) is 0 Å². The standard InChI is InChI=1S/C23H16BrCl2NO2/c24-17-7-3-16(4-8-17)21-20(15-5-11-19(26)12-6-15)22(28)23(29)27(21)13-14-1-9-18(25)10-2-14/h1-12,21,28H,13H2/t21-/m0/s1.